The van der Waals surface area contributed by atoms with Crippen molar-refractivity contribution in [3.63, 3.8) is 0 Å². The number of esters is 2. The Bertz CT molecular complexity index is 316. The second kappa shape index (κ2) is 8.34. The van der Waals surface area contributed by atoms with Gasteiger partial charge < -0.3 is 18.9 Å². The van der Waals surface area contributed by atoms with Gasteiger partial charge in [-0.15, -0.1) is 0 Å². The van der Waals surface area contributed by atoms with Gasteiger partial charge in [0.05, 0.1) is 38.3 Å². The third-order valence-electron chi connectivity index (χ3n) is 2.97. The largest absolute Gasteiger partial charge is 0.463 e. The molecule has 0 atom stereocenters. The van der Waals surface area contributed by atoms with Crippen molar-refractivity contribution in [2.75, 3.05) is 13.2 Å². The van der Waals surface area contributed by atoms with Crippen molar-refractivity contribution in [2.45, 2.75) is 71.4 Å². The van der Waals surface area contributed by atoms with Crippen LogP contribution in [0.4, 0.5) is 0 Å². The van der Waals surface area contributed by atoms with Gasteiger partial charge >= 0.3 is 11.9 Å². The lowest BCUT2D eigenvalue weighted by molar-refractivity contribution is -0.180. The van der Waals surface area contributed by atoms with Crippen LogP contribution in [0.5, 0.6) is 0 Å². The third kappa shape index (κ3) is 6.91. The van der Waals surface area contributed by atoms with E-state index in [0.717, 1.165) is 0 Å². The molecule has 0 aliphatic carbocycles. The highest BCUT2D eigenvalue weighted by Crippen LogP contribution is 2.30. The second-order valence-corrected chi connectivity index (χ2v) is 5.68. The molecule has 0 N–H and O–H groups in total. The molecule has 0 amide bonds. The number of hydrogen-bond acceptors (Lipinski definition) is 6. The molecule has 1 fully saturated rings. The van der Waals surface area contributed by atoms with E-state index in [2.05, 4.69) is 0 Å². The van der Waals surface area contributed by atoms with Crippen molar-refractivity contribution in [3.8, 4) is 0 Å². The molecule has 0 bridgehead atoms. The lowest BCUT2D eigenvalue weighted by atomic mass is 10.0. The van der Waals surface area contributed by atoms with Gasteiger partial charge in [-0.25, -0.2) is 0 Å². The molecule has 6 heteroatoms. The minimum absolute atomic E-state index is 0.139. The van der Waals surface area contributed by atoms with E-state index >= 15 is 0 Å². The average Bonchev–Trinajstić information content (AvgIpc) is 2.82. The van der Waals surface area contributed by atoms with Crippen molar-refractivity contribution < 1.29 is 28.5 Å². The van der Waals surface area contributed by atoms with Gasteiger partial charge in [-0.1, -0.05) is 0 Å². The van der Waals surface area contributed by atoms with Gasteiger partial charge in [0.2, 0.25) is 0 Å². The maximum absolute atomic E-state index is 11.6. The summed E-state index contributed by atoms with van der Waals surface area (Å²) in [5.41, 5.74) is 0. The fourth-order valence-electron chi connectivity index (χ4n) is 2.14. The smallest absolute Gasteiger partial charge is 0.306 e. The Morgan fingerprint density at radius 2 is 1.29 bits per heavy atom. The van der Waals surface area contributed by atoms with Gasteiger partial charge in [0.25, 0.3) is 0 Å². The quantitative estimate of drug-likeness (QED) is 0.640. The SMILES string of the molecule is CC(C)OC(=O)CCC1(CCC(=O)OC(C)C)OCCO1. The van der Waals surface area contributed by atoms with E-state index in [9.17, 15) is 9.59 Å². The number of rotatable bonds is 8. The third-order valence-corrected chi connectivity index (χ3v) is 2.97. The van der Waals surface area contributed by atoms with E-state index in [1.807, 2.05) is 0 Å². The second-order valence-electron chi connectivity index (χ2n) is 5.68. The lowest BCUT2D eigenvalue weighted by Gasteiger charge is -2.27. The zero-order chi connectivity index (χ0) is 15.9. The highest BCUT2D eigenvalue weighted by molar-refractivity contribution is 5.70. The Morgan fingerprint density at radius 3 is 1.62 bits per heavy atom. The van der Waals surface area contributed by atoms with E-state index in [0.29, 0.717) is 26.1 Å². The molecule has 122 valence electrons. The Labute approximate surface area is 126 Å². The molecule has 0 aromatic carbocycles. The van der Waals surface area contributed by atoms with Crippen molar-refractivity contribution >= 4 is 11.9 Å². The van der Waals surface area contributed by atoms with Gasteiger partial charge in [0, 0.05) is 12.8 Å². The first kappa shape index (κ1) is 17.9. The molecule has 1 aliphatic heterocycles. The summed E-state index contributed by atoms with van der Waals surface area (Å²) in [6.45, 7) is 8.16. The van der Waals surface area contributed by atoms with Crippen LogP contribution in [0.15, 0.2) is 0 Å². The van der Waals surface area contributed by atoms with Crippen LogP contribution in [0, 0.1) is 0 Å². The maximum atomic E-state index is 11.6. The summed E-state index contributed by atoms with van der Waals surface area (Å²) in [5, 5.41) is 0. The molecule has 6 nitrogen and oxygen atoms in total. The fraction of sp³-hybridized carbons (Fsp3) is 0.867. The fourth-order valence-corrected chi connectivity index (χ4v) is 2.14. The first-order chi connectivity index (χ1) is 9.83. The molecule has 1 aliphatic rings. The van der Waals surface area contributed by atoms with Crippen LogP contribution in [0.2, 0.25) is 0 Å². The summed E-state index contributed by atoms with van der Waals surface area (Å²) in [4.78, 5) is 23.2. The summed E-state index contributed by atoms with van der Waals surface area (Å²) in [7, 11) is 0. The zero-order valence-corrected chi connectivity index (χ0v) is 13.3. The summed E-state index contributed by atoms with van der Waals surface area (Å²) < 4.78 is 21.4. The van der Waals surface area contributed by atoms with Gasteiger partial charge in [0.1, 0.15) is 0 Å². The normalized spacial score (nSPS) is 17.2. The van der Waals surface area contributed by atoms with Gasteiger partial charge in [-0.05, 0) is 27.7 Å². The number of hydrogen-bond donors (Lipinski definition) is 0. The molecule has 0 aromatic rings. The molecule has 1 rings (SSSR count). The molecule has 0 spiro atoms. The molecular formula is C15H26O6. The predicted molar refractivity (Wildman–Crippen MR) is 75.6 cm³/mol. The molecular weight excluding hydrogens is 276 g/mol. The van der Waals surface area contributed by atoms with Crippen LogP contribution in [0.3, 0.4) is 0 Å². The highest BCUT2D eigenvalue weighted by Gasteiger charge is 2.37. The molecule has 0 saturated carbocycles. The first-order valence-electron chi connectivity index (χ1n) is 7.50. The summed E-state index contributed by atoms with van der Waals surface area (Å²) >= 11 is 0. The molecule has 21 heavy (non-hydrogen) atoms. The van der Waals surface area contributed by atoms with Gasteiger partial charge in [0.15, 0.2) is 5.79 Å². The topological polar surface area (TPSA) is 71.1 Å². The van der Waals surface area contributed by atoms with Crippen molar-refractivity contribution in [3.05, 3.63) is 0 Å². The standard InChI is InChI=1S/C15H26O6/c1-11(2)20-13(16)5-7-15(18-9-10-19-15)8-6-14(17)21-12(3)4/h11-12H,5-10H2,1-4H3. The van der Waals surface area contributed by atoms with Crippen LogP contribution < -0.4 is 0 Å². The van der Waals surface area contributed by atoms with E-state index in [1.165, 1.54) is 0 Å². The van der Waals surface area contributed by atoms with Crippen molar-refractivity contribution in [1.29, 1.82) is 0 Å². The molecule has 1 heterocycles. The van der Waals surface area contributed by atoms with Crippen molar-refractivity contribution in [1.82, 2.24) is 0 Å². The van der Waals surface area contributed by atoms with E-state index < -0.39 is 5.79 Å². The molecule has 1 saturated heterocycles. The monoisotopic (exact) mass is 302 g/mol. The maximum Gasteiger partial charge on any atom is 0.306 e. The van der Waals surface area contributed by atoms with Crippen LogP contribution in [-0.4, -0.2) is 43.1 Å². The number of carbonyl (C=O) groups excluding carboxylic acids is 2. The lowest BCUT2D eigenvalue weighted by Crippen LogP contribution is -2.32. The molecule has 0 unspecified atom stereocenters. The zero-order valence-electron chi connectivity index (χ0n) is 13.3. The van der Waals surface area contributed by atoms with Crippen LogP contribution >= 0.6 is 0 Å². The minimum Gasteiger partial charge on any atom is -0.463 e. The summed E-state index contributed by atoms with van der Waals surface area (Å²) in [6, 6.07) is 0. The average molecular weight is 302 g/mol. The Balaban J connectivity index is 2.43. The van der Waals surface area contributed by atoms with Gasteiger partial charge in [-0.3, -0.25) is 9.59 Å². The number of carbonyl (C=O) groups is 2. The van der Waals surface area contributed by atoms with Crippen LogP contribution in [-0.2, 0) is 28.5 Å². The summed E-state index contributed by atoms with van der Waals surface area (Å²) in [6.07, 6.45) is 0.898. The first-order valence-corrected chi connectivity index (χ1v) is 7.50. The summed E-state index contributed by atoms with van der Waals surface area (Å²) in [5.74, 6) is -1.44. The van der Waals surface area contributed by atoms with Gasteiger partial charge in [-0.2, -0.15) is 0 Å². The molecule has 0 aromatic heterocycles. The van der Waals surface area contributed by atoms with E-state index in [4.69, 9.17) is 18.9 Å². The minimum atomic E-state index is -0.869. The Morgan fingerprint density at radius 1 is 0.905 bits per heavy atom. The number of ether oxygens (including phenoxy) is 4. The molecule has 0 radical (unpaired) electrons. The highest BCUT2D eigenvalue weighted by atomic mass is 16.7. The van der Waals surface area contributed by atoms with E-state index in [-0.39, 0.29) is 37.0 Å². The Kier molecular flexibility index (Phi) is 7.11. The predicted octanol–water partition coefficient (Wildman–Crippen LogP) is 2.19. The van der Waals surface area contributed by atoms with Crippen LogP contribution in [0.25, 0.3) is 0 Å². The Hall–Kier alpha value is -1.14. The van der Waals surface area contributed by atoms with Crippen molar-refractivity contribution in [2.24, 2.45) is 0 Å². The van der Waals surface area contributed by atoms with E-state index in [1.54, 1.807) is 27.7 Å². The van der Waals surface area contributed by atoms with Crippen LogP contribution in [0.1, 0.15) is 53.4 Å².